The summed E-state index contributed by atoms with van der Waals surface area (Å²) in [7, 11) is 1.79. The van der Waals surface area contributed by atoms with E-state index in [0.717, 1.165) is 30.4 Å². The van der Waals surface area contributed by atoms with E-state index in [9.17, 15) is 9.59 Å². The Labute approximate surface area is 176 Å². The van der Waals surface area contributed by atoms with Crippen molar-refractivity contribution in [3.05, 3.63) is 48.3 Å². The molecule has 5 aliphatic rings. The molecule has 0 radical (unpaired) electrons. The molecule has 1 saturated heterocycles. The van der Waals surface area contributed by atoms with Gasteiger partial charge in [-0.2, -0.15) is 0 Å². The van der Waals surface area contributed by atoms with Crippen molar-refractivity contribution >= 4 is 11.9 Å². The van der Waals surface area contributed by atoms with E-state index in [1.165, 1.54) is 19.3 Å². The van der Waals surface area contributed by atoms with Gasteiger partial charge in [0, 0.05) is 19.9 Å². The van der Waals surface area contributed by atoms with Crippen LogP contribution in [0.15, 0.2) is 46.0 Å². The SMILES string of the molecule is CN1C(=O)N(C23CC4CC(CC(C4)C2)C3)C(=O)C1(Cc1ccoc1)Cc1ccoc1. The monoisotopic (exact) mass is 408 g/mol. The van der Waals surface area contributed by atoms with Crippen LogP contribution in [0.1, 0.15) is 49.7 Å². The summed E-state index contributed by atoms with van der Waals surface area (Å²) >= 11 is 0. The van der Waals surface area contributed by atoms with Crippen molar-refractivity contribution in [2.75, 3.05) is 7.05 Å². The standard InChI is InChI=1S/C24H28N2O4/c1-25-22(28)26(23-9-18-6-19(10-23)8-20(7-18)11-23)21(27)24(25,12-16-2-4-29-14-16)13-17-3-5-30-15-17/h2-5,14-15,18-20H,6-13H2,1H3. The predicted octanol–water partition coefficient (Wildman–Crippen LogP) is 4.26. The molecule has 3 amide bonds. The van der Waals surface area contributed by atoms with Crippen LogP contribution in [0.25, 0.3) is 0 Å². The van der Waals surface area contributed by atoms with E-state index in [2.05, 4.69) is 0 Å². The van der Waals surface area contributed by atoms with Gasteiger partial charge in [-0.15, -0.1) is 0 Å². The number of carbonyl (C=O) groups is 2. The smallest absolute Gasteiger partial charge is 0.327 e. The molecule has 0 unspecified atom stereocenters. The number of urea groups is 1. The zero-order valence-corrected chi connectivity index (χ0v) is 17.4. The Morgan fingerprint density at radius 2 is 1.40 bits per heavy atom. The first-order valence-electron chi connectivity index (χ1n) is 11.1. The molecule has 3 heterocycles. The average molecular weight is 408 g/mol. The summed E-state index contributed by atoms with van der Waals surface area (Å²) in [5, 5.41) is 0. The van der Waals surface area contributed by atoms with Gasteiger partial charge in [-0.1, -0.05) is 0 Å². The summed E-state index contributed by atoms with van der Waals surface area (Å²) in [6, 6.07) is 3.64. The molecule has 6 nitrogen and oxygen atoms in total. The molecule has 4 aliphatic carbocycles. The molecule has 0 N–H and O–H groups in total. The summed E-state index contributed by atoms with van der Waals surface area (Å²) in [5.41, 5.74) is 0.623. The van der Waals surface area contributed by atoms with Gasteiger partial charge >= 0.3 is 6.03 Å². The lowest BCUT2D eigenvalue weighted by molar-refractivity contribution is -0.145. The number of rotatable bonds is 5. The maximum Gasteiger partial charge on any atom is 0.327 e. The van der Waals surface area contributed by atoms with Gasteiger partial charge in [-0.05, 0) is 79.5 Å². The first-order valence-corrected chi connectivity index (χ1v) is 11.1. The molecule has 7 rings (SSSR count). The minimum absolute atomic E-state index is 0.0423. The quantitative estimate of drug-likeness (QED) is 0.694. The third-order valence-corrected chi connectivity index (χ3v) is 8.36. The van der Waals surface area contributed by atoms with Crippen LogP contribution >= 0.6 is 0 Å². The molecular formula is C24H28N2O4. The normalized spacial score (nSPS) is 34.4. The third kappa shape index (κ3) is 2.48. The Hall–Kier alpha value is -2.50. The van der Waals surface area contributed by atoms with Gasteiger partial charge in [0.1, 0.15) is 5.54 Å². The van der Waals surface area contributed by atoms with Crippen molar-refractivity contribution in [1.82, 2.24) is 9.80 Å². The minimum Gasteiger partial charge on any atom is -0.472 e. The van der Waals surface area contributed by atoms with Gasteiger partial charge in [0.05, 0.1) is 30.6 Å². The largest absolute Gasteiger partial charge is 0.472 e. The molecule has 6 heteroatoms. The van der Waals surface area contributed by atoms with E-state index in [-0.39, 0.29) is 17.5 Å². The number of likely N-dealkylation sites (N-methyl/N-ethyl adjacent to an activating group) is 1. The Morgan fingerprint density at radius 1 is 0.900 bits per heavy atom. The molecule has 5 fully saturated rings. The van der Waals surface area contributed by atoms with Crippen LogP contribution in [0.5, 0.6) is 0 Å². The second-order valence-electron chi connectivity index (χ2n) is 10.3. The van der Waals surface area contributed by atoms with Crippen LogP contribution in [-0.2, 0) is 17.6 Å². The fraction of sp³-hybridized carbons (Fsp3) is 0.583. The van der Waals surface area contributed by atoms with Gasteiger partial charge in [-0.3, -0.25) is 9.69 Å². The molecule has 1 aliphatic heterocycles. The Kier molecular flexibility index (Phi) is 3.81. The fourth-order valence-corrected chi connectivity index (χ4v) is 7.44. The number of carbonyl (C=O) groups excluding carboxylic acids is 2. The summed E-state index contributed by atoms with van der Waals surface area (Å²) in [5.74, 6) is 1.96. The number of amides is 3. The van der Waals surface area contributed by atoms with Crippen LogP contribution in [0.4, 0.5) is 4.79 Å². The van der Waals surface area contributed by atoms with Crippen molar-refractivity contribution in [2.24, 2.45) is 17.8 Å². The highest BCUT2D eigenvalue weighted by Gasteiger charge is 2.64. The van der Waals surface area contributed by atoms with Crippen molar-refractivity contribution < 1.29 is 18.4 Å². The van der Waals surface area contributed by atoms with Crippen LogP contribution in [0.3, 0.4) is 0 Å². The Bertz CT molecular complexity index is 890. The Morgan fingerprint density at radius 3 is 1.83 bits per heavy atom. The van der Waals surface area contributed by atoms with Gasteiger partial charge in [0.2, 0.25) is 0 Å². The highest BCUT2D eigenvalue weighted by Crippen LogP contribution is 2.59. The number of hydrogen-bond donors (Lipinski definition) is 0. The van der Waals surface area contributed by atoms with Crippen molar-refractivity contribution in [1.29, 1.82) is 0 Å². The van der Waals surface area contributed by atoms with E-state index in [1.54, 1.807) is 41.9 Å². The lowest BCUT2D eigenvalue weighted by Gasteiger charge is -2.59. The van der Waals surface area contributed by atoms with Crippen molar-refractivity contribution in [2.45, 2.75) is 62.4 Å². The molecule has 0 spiro atoms. The fourth-order valence-electron chi connectivity index (χ4n) is 7.44. The second-order valence-corrected chi connectivity index (χ2v) is 10.3. The molecule has 4 bridgehead atoms. The first-order chi connectivity index (χ1) is 14.5. The minimum atomic E-state index is -0.950. The summed E-state index contributed by atoms with van der Waals surface area (Å²) < 4.78 is 10.6. The van der Waals surface area contributed by atoms with Gasteiger partial charge in [0.15, 0.2) is 0 Å². The third-order valence-electron chi connectivity index (χ3n) is 8.36. The molecule has 2 aromatic heterocycles. The maximum atomic E-state index is 14.2. The topological polar surface area (TPSA) is 66.9 Å². The Balaban J connectivity index is 1.41. The summed E-state index contributed by atoms with van der Waals surface area (Å²) in [4.78, 5) is 31.3. The summed E-state index contributed by atoms with van der Waals surface area (Å²) in [6.07, 6.45) is 14.3. The van der Waals surface area contributed by atoms with Gasteiger partial charge in [0.25, 0.3) is 5.91 Å². The van der Waals surface area contributed by atoms with E-state index >= 15 is 0 Å². The van der Waals surface area contributed by atoms with Crippen LogP contribution in [-0.4, -0.2) is 39.9 Å². The molecule has 0 atom stereocenters. The molecule has 4 saturated carbocycles. The zero-order valence-electron chi connectivity index (χ0n) is 17.4. The number of furan rings is 2. The number of imide groups is 1. The van der Waals surface area contributed by atoms with Crippen molar-refractivity contribution in [3.63, 3.8) is 0 Å². The molecule has 30 heavy (non-hydrogen) atoms. The zero-order chi connectivity index (χ0) is 20.5. The molecular weight excluding hydrogens is 380 g/mol. The average Bonchev–Trinajstić information content (AvgIpc) is 3.42. The van der Waals surface area contributed by atoms with E-state index in [1.807, 2.05) is 12.1 Å². The highest BCUT2D eigenvalue weighted by atomic mass is 16.3. The molecule has 158 valence electrons. The second kappa shape index (κ2) is 6.25. The van der Waals surface area contributed by atoms with Crippen LogP contribution < -0.4 is 0 Å². The number of hydrogen-bond acceptors (Lipinski definition) is 4. The van der Waals surface area contributed by atoms with E-state index in [0.29, 0.717) is 30.6 Å². The summed E-state index contributed by atoms with van der Waals surface area (Å²) in [6.45, 7) is 0. The molecule has 2 aromatic rings. The number of nitrogens with zero attached hydrogens (tertiary/aromatic N) is 2. The highest BCUT2D eigenvalue weighted by molar-refractivity contribution is 6.08. The predicted molar refractivity (Wildman–Crippen MR) is 108 cm³/mol. The van der Waals surface area contributed by atoms with Crippen molar-refractivity contribution in [3.8, 4) is 0 Å². The van der Waals surface area contributed by atoms with E-state index in [4.69, 9.17) is 8.83 Å². The first kappa shape index (κ1) is 18.3. The molecule has 0 aromatic carbocycles. The van der Waals surface area contributed by atoms with Gasteiger partial charge < -0.3 is 13.7 Å². The lowest BCUT2D eigenvalue weighted by atomic mass is 9.52. The van der Waals surface area contributed by atoms with Crippen LogP contribution in [0, 0.1) is 17.8 Å². The maximum absolute atomic E-state index is 14.2. The van der Waals surface area contributed by atoms with Crippen LogP contribution in [0.2, 0.25) is 0 Å². The lowest BCUT2D eigenvalue weighted by Crippen LogP contribution is -2.62. The van der Waals surface area contributed by atoms with E-state index < -0.39 is 5.54 Å². The van der Waals surface area contributed by atoms with Gasteiger partial charge in [-0.25, -0.2) is 4.79 Å².